The second-order valence-corrected chi connectivity index (χ2v) is 3.37. The first kappa shape index (κ1) is 10.6. The Balaban J connectivity index is 3.20. The first-order valence-corrected chi connectivity index (χ1v) is 4.36. The summed E-state index contributed by atoms with van der Waals surface area (Å²) in [6.45, 7) is -0.360. The number of halogens is 3. The molecule has 1 unspecified atom stereocenters. The van der Waals surface area contributed by atoms with E-state index in [1.807, 2.05) is 0 Å². The van der Waals surface area contributed by atoms with Crippen molar-refractivity contribution in [2.45, 2.75) is 6.04 Å². The molecule has 2 nitrogen and oxygen atoms in total. The Hall–Kier alpha value is -0.520. The number of aliphatic hydroxyl groups excluding tert-OH is 1. The summed E-state index contributed by atoms with van der Waals surface area (Å²) in [6, 6.07) is 1.06. The van der Waals surface area contributed by atoms with Crippen molar-refractivity contribution in [3.8, 4) is 0 Å². The van der Waals surface area contributed by atoms with E-state index in [9.17, 15) is 8.78 Å². The van der Waals surface area contributed by atoms with Gasteiger partial charge in [0, 0.05) is 6.07 Å². The molecule has 1 aromatic carbocycles. The number of hydrogen-bond donors (Lipinski definition) is 2. The summed E-state index contributed by atoms with van der Waals surface area (Å²) >= 11 is 2.92. The largest absolute Gasteiger partial charge is 0.394 e. The highest BCUT2D eigenvalue weighted by Gasteiger charge is 2.13. The maximum atomic E-state index is 12.9. The predicted octanol–water partition coefficient (Wildman–Crippen LogP) is 1.72. The molecular weight excluding hydrogens is 244 g/mol. The van der Waals surface area contributed by atoms with Gasteiger partial charge < -0.3 is 10.8 Å². The van der Waals surface area contributed by atoms with E-state index in [1.165, 1.54) is 0 Å². The Kier molecular flexibility index (Phi) is 3.35. The van der Waals surface area contributed by atoms with Crippen molar-refractivity contribution >= 4 is 15.9 Å². The maximum Gasteiger partial charge on any atom is 0.140 e. The summed E-state index contributed by atoms with van der Waals surface area (Å²) < 4.78 is 25.7. The molecular formula is C8H8BrF2NO. The van der Waals surface area contributed by atoms with Gasteiger partial charge in [0.1, 0.15) is 11.6 Å². The standard InChI is InChI=1S/C8H8BrF2NO/c9-8-5(7(12)3-13)1-4(10)2-6(8)11/h1-2,7,13H,3,12H2. The van der Waals surface area contributed by atoms with Crippen molar-refractivity contribution in [1.29, 1.82) is 0 Å². The molecule has 3 N–H and O–H groups in total. The Morgan fingerprint density at radius 1 is 1.46 bits per heavy atom. The van der Waals surface area contributed by atoms with Crippen LogP contribution in [0, 0.1) is 11.6 Å². The lowest BCUT2D eigenvalue weighted by molar-refractivity contribution is 0.267. The number of benzene rings is 1. The summed E-state index contributed by atoms with van der Waals surface area (Å²) in [5.74, 6) is -1.43. The average Bonchev–Trinajstić information content (AvgIpc) is 2.10. The van der Waals surface area contributed by atoms with Crippen molar-refractivity contribution < 1.29 is 13.9 Å². The van der Waals surface area contributed by atoms with Crippen LogP contribution in [-0.2, 0) is 0 Å². The van der Waals surface area contributed by atoms with Crippen LogP contribution in [0.3, 0.4) is 0 Å². The minimum absolute atomic E-state index is 0.0930. The SMILES string of the molecule is NC(CO)c1cc(F)cc(F)c1Br. The zero-order chi connectivity index (χ0) is 10.0. The fourth-order valence-corrected chi connectivity index (χ4v) is 1.47. The summed E-state index contributed by atoms with van der Waals surface area (Å²) in [7, 11) is 0. The zero-order valence-corrected chi connectivity index (χ0v) is 8.18. The highest BCUT2D eigenvalue weighted by Crippen LogP contribution is 2.25. The van der Waals surface area contributed by atoms with Gasteiger partial charge in [0.25, 0.3) is 0 Å². The van der Waals surface area contributed by atoms with Gasteiger partial charge in [-0.1, -0.05) is 0 Å². The molecule has 0 saturated carbocycles. The van der Waals surface area contributed by atoms with Crippen molar-refractivity contribution in [3.05, 3.63) is 33.8 Å². The molecule has 1 rings (SSSR count). The lowest BCUT2D eigenvalue weighted by Gasteiger charge is -2.11. The van der Waals surface area contributed by atoms with Crippen LogP contribution in [0.5, 0.6) is 0 Å². The third-order valence-electron chi connectivity index (χ3n) is 1.62. The number of rotatable bonds is 2. The maximum absolute atomic E-state index is 12.9. The van der Waals surface area contributed by atoms with E-state index in [2.05, 4.69) is 15.9 Å². The normalized spacial score (nSPS) is 13.0. The highest BCUT2D eigenvalue weighted by molar-refractivity contribution is 9.10. The Labute approximate surface area is 82.5 Å². The monoisotopic (exact) mass is 251 g/mol. The third-order valence-corrected chi connectivity index (χ3v) is 2.45. The zero-order valence-electron chi connectivity index (χ0n) is 6.60. The van der Waals surface area contributed by atoms with Crippen LogP contribution in [0.4, 0.5) is 8.78 Å². The van der Waals surface area contributed by atoms with Gasteiger partial charge >= 0.3 is 0 Å². The first-order chi connectivity index (χ1) is 6.06. The molecule has 0 bridgehead atoms. The van der Waals surface area contributed by atoms with Gasteiger partial charge in [-0.25, -0.2) is 8.78 Å². The molecule has 0 heterocycles. The first-order valence-electron chi connectivity index (χ1n) is 3.57. The molecule has 1 atom stereocenters. The van der Waals surface area contributed by atoms with Gasteiger partial charge in [-0.3, -0.25) is 0 Å². The van der Waals surface area contributed by atoms with Gasteiger partial charge in [0.2, 0.25) is 0 Å². The molecule has 0 amide bonds. The number of aliphatic hydroxyl groups is 1. The van der Waals surface area contributed by atoms with E-state index in [1.54, 1.807) is 0 Å². The topological polar surface area (TPSA) is 46.2 Å². The number of nitrogens with two attached hydrogens (primary N) is 1. The van der Waals surface area contributed by atoms with Crippen LogP contribution in [-0.4, -0.2) is 11.7 Å². The minimum atomic E-state index is -0.778. The van der Waals surface area contributed by atoms with Crippen LogP contribution in [0.25, 0.3) is 0 Å². The molecule has 0 spiro atoms. The van der Waals surface area contributed by atoms with E-state index < -0.39 is 17.7 Å². The van der Waals surface area contributed by atoms with Gasteiger partial charge in [-0.15, -0.1) is 0 Å². The van der Waals surface area contributed by atoms with Crippen molar-refractivity contribution in [2.75, 3.05) is 6.61 Å². The molecule has 5 heteroatoms. The smallest absolute Gasteiger partial charge is 0.140 e. The molecule has 13 heavy (non-hydrogen) atoms. The minimum Gasteiger partial charge on any atom is -0.394 e. The molecule has 0 fully saturated rings. The van der Waals surface area contributed by atoms with E-state index in [-0.39, 0.29) is 16.6 Å². The van der Waals surface area contributed by atoms with Gasteiger partial charge in [-0.05, 0) is 27.6 Å². The lowest BCUT2D eigenvalue weighted by Crippen LogP contribution is -2.15. The van der Waals surface area contributed by atoms with E-state index in [0.29, 0.717) is 0 Å². The van der Waals surface area contributed by atoms with Crippen molar-refractivity contribution in [3.63, 3.8) is 0 Å². The van der Waals surface area contributed by atoms with Crippen molar-refractivity contribution in [2.24, 2.45) is 5.73 Å². The fourth-order valence-electron chi connectivity index (χ4n) is 0.944. The molecule has 0 aliphatic rings. The van der Waals surface area contributed by atoms with Gasteiger partial charge in [0.15, 0.2) is 0 Å². The van der Waals surface area contributed by atoms with Crippen molar-refractivity contribution in [1.82, 2.24) is 0 Å². The molecule has 0 radical (unpaired) electrons. The van der Waals surface area contributed by atoms with E-state index in [4.69, 9.17) is 10.8 Å². The lowest BCUT2D eigenvalue weighted by atomic mass is 10.1. The average molecular weight is 252 g/mol. The second-order valence-electron chi connectivity index (χ2n) is 2.58. The van der Waals surface area contributed by atoms with E-state index >= 15 is 0 Å². The second kappa shape index (κ2) is 4.13. The molecule has 0 saturated heterocycles. The molecule has 0 aliphatic carbocycles. The summed E-state index contributed by atoms with van der Waals surface area (Å²) in [5.41, 5.74) is 5.64. The Morgan fingerprint density at radius 2 is 2.08 bits per heavy atom. The molecule has 0 aromatic heterocycles. The predicted molar refractivity (Wildman–Crippen MR) is 48.1 cm³/mol. The number of hydrogen-bond acceptors (Lipinski definition) is 2. The third kappa shape index (κ3) is 2.24. The van der Waals surface area contributed by atoms with Crippen LogP contribution in [0.2, 0.25) is 0 Å². The van der Waals surface area contributed by atoms with E-state index in [0.717, 1.165) is 12.1 Å². The fraction of sp³-hybridized carbons (Fsp3) is 0.250. The Morgan fingerprint density at radius 3 is 2.62 bits per heavy atom. The molecule has 1 aromatic rings. The van der Waals surface area contributed by atoms with Crippen LogP contribution >= 0.6 is 15.9 Å². The van der Waals surface area contributed by atoms with Crippen LogP contribution < -0.4 is 5.73 Å². The summed E-state index contributed by atoms with van der Waals surface area (Å²) in [5, 5.41) is 8.70. The van der Waals surface area contributed by atoms with Crippen LogP contribution in [0.15, 0.2) is 16.6 Å². The molecule has 0 aliphatic heterocycles. The Bertz CT molecular complexity index is 319. The quantitative estimate of drug-likeness (QED) is 0.787. The summed E-state index contributed by atoms with van der Waals surface area (Å²) in [6.07, 6.45) is 0. The van der Waals surface area contributed by atoms with Gasteiger partial charge in [0.05, 0.1) is 17.1 Å². The van der Waals surface area contributed by atoms with Gasteiger partial charge in [-0.2, -0.15) is 0 Å². The van der Waals surface area contributed by atoms with Crippen LogP contribution in [0.1, 0.15) is 11.6 Å². The summed E-state index contributed by atoms with van der Waals surface area (Å²) in [4.78, 5) is 0. The highest BCUT2D eigenvalue weighted by atomic mass is 79.9. The molecule has 72 valence electrons.